The summed E-state index contributed by atoms with van der Waals surface area (Å²) in [4.78, 5) is 37.8. The summed E-state index contributed by atoms with van der Waals surface area (Å²) in [7, 11) is 0. The lowest BCUT2D eigenvalue weighted by Gasteiger charge is -2.23. The number of aliphatic carboxylic acids is 1. The Morgan fingerprint density at radius 2 is 1.72 bits per heavy atom. The number of alkyl carbamates (subject to hydrolysis) is 1. The van der Waals surface area contributed by atoms with E-state index in [1.54, 1.807) is 4.90 Å². The Labute approximate surface area is 187 Å². The first-order chi connectivity index (χ1) is 15.4. The Kier molecular flexibility index (Phi) is 6.17. The minimum Gasteiger partial charge on any atom is -0.481 e. The van der Waals surface area contributed by atoms with E-state index in [9.17, 15) is 19.5 Å². The highest BCUT2D eigenvalue weighted by Crippen LogP contribution is 2.44. The van der Waals surface area contributed by atoms with Crippen molar-refractivity contribution in [1.82, 2.24) is 10.2 Å². The molecule has 2 N–H and O–H groups in total. The van der Waals surface area contributed by atoms with Gasteiger partial charge in [0.05, 0.1) is 5.41 Å². The van der Waals surface area contributed by atoms with Crippen LogP contribution in [0.4, 0.5) is 4.79 Å². The van der Waals surface area contributed by atoms with E-state index in [2.05, 4.69) is 29.6 Å². The Morgan fingerprint density at radius 1 is 1.09 bits per heavy atom. The third-order valence-corrected chi connectivity index (χ3v) is 6.79. The van der Waals surface area contributed by atoms with E-state index in [0.717, 1.165) is 22.3 Å². The Morgan fingerprint density at radius 3 is 2.28 bits per heavy atom. The van der Waals surface area contributed by atoms with Crippen molar-refractivity contribution in [3.05, 3.63) is 59.7 Å². The fraction of sp³-hybridized carbons (Fsp3) is 0.400. The van der Waals surface area contributed by atoms with Gasteiger partial charge in [-0.15, -0.1) is 0 Å². The van der Waals surface area contributed by atoms with Crippen LogP contribution >= 0.6 is 0 Å². The molecule has 2 aromatic rings. The molecule has 1 saturated heterocycles. The lowest BCUT2D eigenvalue weighted by molar-refractivity contribution is -0.148. The van der Waals surface area contributed by atoms with Crippen LogP contribution in [0.1, 0.15) is 43.2 Å². The molecule has 7 nitrogen and oxygen atoms in total. The first-order valence-corrected chi connectivity index (χ1v) is 11.1. The number of likely N-dealkylation sites (tertiary alicyclic amines) is 1. The number of carboxylic acid groups (broad SMARTS) is 1. The first kappa shape index (κ1) is 21.9. The van der Waals surface area contributed by atoms with Gasteiger partial charge in [-0.3, -0.25) is 9.59 Å². The molecule has 168 valence electrons. The number of nitrogens with zero attached hydrogens (tertiary/aromatic N) is 1. The van der Waals surface area contributed by atoms with Crippen LogP contribution in [0, 0.1) is 5.41 Å². The molecule has 0 saturated carbocycles. The minimum absolute atomic E-state index is 0.0161. The van der Waals surface area contributed by atoms with Gasteiger partial charge in [0, 0.05) is 32.0 Å². The fourth-order valence-corrected chi connectivity index (χ4v) is 4.78. The molecule has 0 aromatic heterocycles. The molecule has 0 radical (unpaired) electrons. The maximum Gasteiger partial charge on any atom is 0.407 e. The van der Waals surface area contributed by atoms with Crippen LogP contribution in [0.5, 0.6) is 0 Å². The Hall–Kier alpha value is -3.35. The van der Waals surface area contributed by atoms with Gasteiger partial charge in [-0.2, -0.15) is 0 Å². The molecule has 7 heteroatoms. The van der Waals surface area contributed by atoms with Crippen LogP contribution in [-0.2, 0) is 14.3 Å². The van der Waals surface area contributed by atoms with Gasteiger partial charge in [-0.1, -0.05) is 55.5 Å². The summed E-state index contributed by atoms with van der Waals surface area (Å²) in [6, 6.07) is 16.3. The summed E-state index contributed by atoms with van der Waals surface area (Å²) >= 11 is 0. The van der Waals surface area contributed by atoms with Crippen molar-refractivity contribution in [2.45, 2.75) is 32.1 Å². The standard InChI is InChI=1S/C25H28N2O5/c1-2-25(23(29)30)12-14-27(16-25)22(28)11-13-26-24(31)32-15-21-19-9-5-3-7-17(19)18-8-4-6-10-20(18)21/h3-10,21H,2,11-16H2,1H3,(H,26,31)(H,29,30). The molecule has 0 bridgehead atoms. The van der Waals surface area contributed by atoms with Crippen molar-refractivity contribution >= 4 is 18.0 Å². The fourth-order valence-electron chi connectivity index (χ4n) is 4.78. The van der Waals surface area contributed by atoms with Crippen LogP contribution in [0.3, 0.4) is 0 Å². The normalized spacial score (nSPS) is 19.3. The number of benzene rings is 2. The Bertz CT molecular complexity index is 991. The second-order valence-corrected chi connectivity index (χ2v) is 8.51. The smallest absolute Gasteiger partial charge is 0.407 e. The summed E-state index contributed by atoms with van der Waals surface area (Å²) in [6.45, 7) is 2.86. The number of fused-ring (bicyclic) bond motifs is 3. The van der Waals surface area contributed by atoms with E-state index in [-0.39, 0.29) is 37.9 Å². The SMILES string of the molecule is CCC1(C(=O)O)CCN(C(=O)CCNC(=O)OCC2c3ccccc3-c3ccccc32)C1. The highest BCUT2D eigenvalue weighted by Gasteiger charge is 2.44. The average Bonchev–Trinajstić information content (AvgIpc) is 3.39. The van der Waals surface area contributed by atoms with Gasteiger partial charge in [0.2, 0.25) is 5.91 Å². The molecule has 1 atom stereocenters. The van der Waals surface area contributed by atoms with Crippen molar-refractivity contribution in [1.29, 1.82) is 0 Å². The topological polar surface area (TPSA) is 95.9 Å². The molecule has 2 aromatic carbocycles. The molecular weight excluding hydrogens is 408 g/mol. The predicted molar refractivity (Wildman–Crippen MR) is 119 cm³/mol. The van der Waals surface area contributed by atoms with Crippen LogP contribution < -0.4 is 5.32 Å². The van der Waals surface area contributed by atoms with E-state index >= 15 is 0 Å². The minimum atomic E-state index is -0.855. The zero-order chi connectivity index (χ0) is 22.7. The van der Waals surface area contributed by atoms with E-state index in [4.69, 9.17) is 4.74 Å². The molecule has 1 fully saturated rings. The summed E-state index contributed by atoms with van der Waals surface area (Å²) in [5.74, 6) is -1.02. The monoisotopic (exact) mass is 436 g/mol. The van der Waals surface area contributed by atoms with Crippen LogP contribution in [0.15, 0.2) is 48.5 Å². The van der Waals surface area contributed by atoms with E-state index in [1.807, 2.05) is 31.2 Å². The van der Waals surface area contributed by atoms with Crippen molar-refractivity contribution in [2.24, 2.45) is 5.41 Å². The molecule has 1 heterocycles. The quantitative estimate of drug-likeness (QED) is 0.691. The lowest BCUT2D eigenvalue weighted by Crippen LogP contribution is -2.38. The zero-order valence-corrected chi connectivity index (χ0v) is 18.2. The van der Waals surface area contributed by atoms with Crippen molar-refractivity contribution in [3.63, 3.8) is 0 Å². The molecule has 0 spiro atoms. The molecular formula is C25H28N2O5. The van der Waals surface area contributed by atoms with Crippen molar-refractivity contribution in [2.75, 3.05) is 26.2 Å². The van der Waals surface area contributed by atoms with Gasteiger partial charge >= 0.3 is 12.1 Å². The number of nitrogens with one attached hydrogen (secondary N) is 1. The number of hydrogen-bond donors (Lipinski definition) is 2. The number of carbonyl (C=O) groups is 3. The number of hydrogen-bond acceptors (Lipinski definition) is 4. The van der Waals surface area contributed by atoms with Gasteiger partial charge in [-0.05, 0) is 35.1 Å². The number of carboxylic acids is 1. The van der Waals surface area contributed by atoms with Crippen LogP contribution in [-0.4, -0.2) is 54.2 Å². The summed E-state index contributed by atoms with van der Waals surface area (Å²) in [5.41, 5.74) is 3.76. The summed E-state index contributed by atoms with van der Waals surface area (Å²) in [6.07, 6.45) is 0.507. The highest BCUT2D eigenvalue weighted by atomic mass is 16.5. The van der Waals surface area contributed by atoms with Gasteiger partial charge in [0.1, 0.15) is 6.61 Å². The van der Waals surface area contributed by atoms with Gasteiger partial charge < -0.3 is 20.1 Å². The molecule has 1 unspecified atom stereocenters. The number of amides is 2. The highest BCUT2D eigenvalue weighted by molar-refractivity contribution is 5.81. The van der Waals surface area contributed by atoms with Crippen molar-refractivity contribution in [3.8, 4) is 11.1 Å². The molecule has 32 heavy (non-hydrogen) atoms. The van der Waals surface area contributed by atoms with E-state index < -0.39 is 17.5 Å². The second kappa shape index (κ2) is 9.02. The Balaban J connectivity index is 1.26. The van der Waals surface area contributed by atoms with E-state index in [0.29, 0.717) is 19.4 Å². The molecule has 2 aliphatic rings. The number of rotatable bonds is 7. The van der Waals surface area contributed by atoms with Crippen molar-refractivity contribution < 1.29 is 24.2 Å². The van der Waals surface area contributed by atoms with Crippen LogP contribution in [0.25, 0.3) is 11.1 Å². The van der Waals surface area contributed by atoms with Gasteiger partial charge in [0.15, 0.2) is 0 Å². The maximum absolute atomic E-state index is 12.4. The number of ether oxygens (including phenoxy) is 1. The third-order valence-electron chi connectivity index (χ3n) is 6.79. The first-order valence-electron chi connectivity index (χ1n) is 11.1. The third kappa shape index (κ3) is 4.07. The van der Waals surface area contributed by atoms with Gasteiger partial charge in [-0.25, -0.2) is 4.79 Å². The summed E-state index contributed by atoms with van der Waals surface area (Å²) < 4.78 is 5.48. The molecule has 1 aliphatic heterocycles. The number of carbonyl (C=O) groups excluding carboxylic acids is 2. The van der Waals surface area contributed by atoms with Gasteiger partial charge in [0.25, 0.3) is 0 Å². The van der Waals surface area contributed by atoms with E-state index in [1.165, 1.54) is 0 Å². The molecule has 2 amide bonds. The molecule has 4 rings (SSSR count). The van der Waals surface area contributed by atoms with Crippen LogP contribution in [0.2, 0.25) is 0 Å². The maximum atomic E-state index is 12.4. The molecule has 1 aliphatic carbocycles. The summed E-state index contributed by atoms with van der Waals surface area (Å²) in [5, 5.41) is 12.1. The predicted octanol–water partition coefficient (Wildman–Crippen LogP) is 3.63. The average molecular weight is 437 g/mol. The largest absolute Gasteiger partial charge is 0.481 e. The lowest BCUT2D eigenvalue weighted by atomic mass is 9.84. The second-order valence-electron chi connectivity index (χ2n) is 8.51. The zero-order valence-electron chi connectivity index (χ0n) is 18.2.